The number of carbonyl (C=O) groups excluding carboxylic acids is 1. The predicted molar refractivity (Wildman–Crippen MR) is 82.3 cm³/mol. The molecule has 2 atom stereocenters. The standard InChI is InChI=1S/C18H16N2O/c1-20-16(14-10-6-3-7-11-14)19-18(17(20)21)12-15(18)13-8-4-2-5-9-13/h2-11,15H,12H2,1H3/t15-,18-/m1/s1. The van der Waals surface area contributed by atoms with Gasteiger partial charge in [-0.05, 0) is 12.0 Å². The summed E-state index contributed by atoms with van der Waals surface area (Å²) in [5, 5.41) is 0. The molecule has 0 N–H and O–H groups in total. The first-order chi connectivity index (χ1) is 10.2. The lowest BCUT2D eigenvalue weighted by molar-refractivity contribution is -0.127. The Labute approximate surface area is 123 Å². The molecular weight excluding hydrogens is 260 g/mol. The Morgan fingerprint density at radius 3 is 2.33 bits per heavy atom. The molecule has 0 radical (unpaired) electrons. The van der Waals surface area contributed by atoms with Gasteiger partial charge in [0, 0.05) is 18.5 Å². The number of amidine groups is 1. The van der Waals surface area contributed by atoms with Gasteiger partial charge in [-0.1, -0.05) is 60.7 Å². The third-order valence-corrected chi connectivity index (χ3v) is 4.46. The lowest BCUT2D eigenvalue weighted by Crippen LogP contribution is -2.33. The van der Waals surface area contributed by atoms with E-state index in [0.717, 1.165) is 17.8 Å². The minimum Gasteiger partial charge on any atom is -0.298 e. The molecule has 0 saturated heterocycles. The highest BCUT2D eigenvalue weighted by Gasteiger charge is 2.65. The molecule has 0 bridgehead atoms. The zero-order valence-corrected chi connectivity index (χ0v) is 11.9. The van der Waals surface area contributed by atoms with Crippen LogP contribution < -0.4 is 0 Å². The number of hydrogen-bond donors (Lipinski definition) is 0. The third-order valence-electron chi connectivity index (χ3n) is 4.46. The van der Waals surface area contributed by atoms with Crippen molar-refractivity contribution in [3.63, 3.8) is 0 Å². The van der Waals surface area contributed by atoms with E-state index in [-0.39, 0.29) is 11.8 Å². The number of rotatable bonds is 2. The van der Waals surface area contributed by atoms with E-state index in [1.165, 1.54) is 5.56 Å². The molecule has 1 saturated carbocycles. The predicted octanol–water partition coefficient (Wildman–Crippen LogP) is 2.83. The first-order valence-electron chi connectivity index (χ1n) is 7.21. The summed E-state index contributed by atoms with van der Waals surface area (Å²) in [5.74, 6) is 1.13. The molecule has 1 aliphatic carbocycles. The summed E-state index contributed by atoms with van der Waals surface area (Å²) in [6.45, 7) is 0. The van der Waals surface area contributed by atoms with E-state index in [1.807, 2.05) is 55.6 Å². The largest absolute Gasteiger partial charge is 0.298 e. The van der Waals surface area contributed by atoms with Gasteiger partial charge in [0.2, 0.25) is 0 Å². The van der Waals surface area contributed by atoms with Crippen LogP contribution in [0, 0.1) is 0 Å². The maximum absolute atomic E-state index is 12.7. The van der Waals surface area contributed by atoms with E-state index in [1.54, 1.807) is 4.90 Å². The Balaban J connectivity index is 1.72. The highest BCUT2D eigenvalue weighted by Crippen LogP contribution is 2.57. The fourth-order valence-corrected chi connectivity index (χ4v) is 3.23. The van der Waals surface area contributed by atoms with Crippen molar-refractivity contribution in [1.29, 1.82) is 0 Å². The van der Waals surface area contributed by atoms with Crippen molar-refractivity contribution in [2.45, 2.75) is 17.9 Å². The Kier molecular flexibility index (Phi) is 2.52. The molecule has 1 amide bonds. The van der Waals surface area contributed by atoms with Crippen molar-refractivity contribution in [3.05, 3.63) is 71.8 Å². The van der Waals surface area contributed by atoms with Crippen molar-refractivity contribution in [2.24, 2.45) is 4.99 Å². The summed E-state index contributed by atoms with van der Waals surface area (Å²) in [7, 11) is 1.82. The average molecular weight is 276 g/mol. The van der Waals surface area contributed by atoms with Crippen LogP contribution in [0.25, 0.3) is 0 Å². The van der Waals surface area contributed by atoms with Gasteiger partial charge in [0.1, 0.15) is 11.4 Å². The highest BCUT2D eigenvalue weighted by atomic mass is 16.2. The van der Waals surface area contributed by atoms with E-state index in [2.05, 4.69) is 12.1 Å². The second-order valence-corrected chi connectivity index (χ2v) is 5.76. The van der Waals surface area contributed by atoms with Gasteiger partial charge in [-0.3, -0.25) is 14.7 Å². The second-order valence-electron chi connectivity index (χ2n) is 5.76. The van der Waals surface area contributed by atoms with Crippen LogP contribution in [-0.4, -0.2) is 29.2 Å². The van der Waals surface area contributed by atoms with Gasteiger partial charge in [-0.25, -0.2) is 0 Å². The van der Waals surface area contributed by atoms with Gasteiger partial charge in [0.25, 0.3) is 5.91 Å². The second kappa shape index (κ2) is 4.29. The number of nitrogens with zero attached hydrogens (tertiary/aromatic N) is 2. The van der Waals surface area contributed by atoms with Gasteiger partial charge in [0.05, 0.1) is 0 Å². The van der Waals surface area contributed by atoms with E-state index < -0.39 is 5.54 Å². The minimum atomic E-state index is -0.554. The van der Waals surface area contributed by atoms with Crippen LogP contribution in [0.3, 0.4) is 0 Å². The number of amides is 1. The molecule has 1 spiro atoms. The lowest BCUT2D eigenvalue weighted by Gasteiger charge is -2.12. The first-order valence-corrected chi connectivity index (χ1v) is 7.21. The fourth-order valence-electron chi connectivity index (χ4n) is 3.23. The van der Waals surface area contributed by atoms with Crippen LogP contribution in [0.2, 0.25) is 0 Å². The van der Waals surface area contributed by atoms with Crippen molar-refractivity contribution in [2.75, 3.05) is 7.05 Å². The van der Waals surface area contributed by atoms with Crippen molar-refractivity contribution in [3.8, 4) is 0 Å². The molecule has 1 aliphatic heterocycles. The van der Waals surface area contributed by atoms with Gasteiger partial charge < -0.3 is 0 Å². The third kappa shape index (κ3) is 1.74. The van der Waals surface area contributed by atoms with E-state index >= 15 is 0 Å². The van der Waals surface area contributed by atoms with Crippen LogP contribution in [0.5, 0.6) is 0 Å². The fraction of sp³-hybridized carbons (Fsp3) is 0.222. The molecule has 1 fully saturated rings. The van der Waals surface area contributed by atoms with Crippen molar-refractivity contribution >= 4 is 11.7 Å². The number of carbonyl (C=O) groups is 1. The maximum atomic E-state index is 12.7. The van der Waals surface area contributed by atoms with Crippen LogP contribution in [0.15, 0.2) is 65.7 Å². The molecule has 104 valence electrons. The van der Waals surface area contributed by atoms with Gasteiger partial charge in [-0.2, -0.15) is 0 Å². The monoisotopic (exact) mass is 276 g/mol. The maximum Gasteiger partial charge on any atom is 0.256 e. The van der Waals surface area contributed by atoms with Crippen LogP contribution in [0.4, 0.5) is 0 Å². The molecule has 0 unspecified atom stereocenters. The number of aliphatic imine (C=N–C) groups is 1. The number of hydrogen-bond acceptors (Lipinski definition) is 2. The molecule has 21 heavy (non-hydrogen) atoms. The molecule has 3 nitrogen and oxygen atoms in total. The summed E-state index contributed by atoms with van der Waals surface area (Å²) < 4.78 is 0. The van der Waals surface area contributed by atoms with Crippen LogP contribution in [-0.2, 0) is 4.79 Å². The minimum absolute atomic E-state index is 0.121. The zero-order valence-electron chi connectivity index (χ0n) is 11.9. The molecule has 2 aromatic rings. The number of benzene rings is 2. The summed E-state index contributed by atoms with van der Waals surface area (Å²) in [6.07, 6.45) is 0.816. The first kappa shape index (κ1) is 12.3. The van der Waals surface area contributed by atoms with Gasteiger partial charge in [0.15, 0.2) is 0 Å². The highest BCUT2D eigenvalue weighted by molar-refractivity contribution is 6.16. The normalized spacial score (nSPS) is 27.1. The summed E-state index contributed by atoms with van der Waals surface area (Å²) in [6, 6.07) is 20.1. The molecule has 3 heteroatoms. The zero-order chi connectivity index (χ0) is 14.4. The number of likely N-dealkylation sites (N-methyl/N-ethyl adjacent to an activating group) is 1. The Morgan fingerprint density at radius 1 is 1.05 bits per heavy atom. The van der Waals surface area contributed by atoms with Crippen LogP contribution in [0.1, 0.15) is 23.5 Å². The van der Waals surface area contributed by atoms with Crippen molar-refractivity contribution < 1.29 is 4.79 Å². The molecule has 0 aromatic heterocycles. The smallest absolute Gasteiger partial charge is 0.256 e. The van der Waals surface area contributed by atoms with Gasteiger partial charge in [-0.15, -0.1) is 0 Å². The summed E-state index contributed by atoms with van der Waals surface area (Å²) >= 11 is 0. The molecule has 2 aromatic carbocycles. The topological polar surface area (TPSA) is 32.7 Å². The van der Waals surface area contributed by atoms with E-state index in [0.29, 0.717) is 0 Å². The van der Waals surface area contributed by atoms with E-state index in [9.17, 15) is 4.79 Å². The van der Waals surface area contributed by atoms with Crippen LogP contribution >= 0.6 is 0 Å². The Morgan fingerprint density at radius 2 is 1.67 bits per heavy atom. The SMILES string of the molecule is CN1C(=O)[C@]2(C[C@@H]2c2ccccc2)N=C1c1ccccc1. The average Bonchev–Trinajstić information content (AvgIpc) is 3.23. The van der Waals surface area contributed by atoms with E-state index in [4.69, 9.17) is 4.99 Å². The Bertz CT molecular complexity index is 723. The quantitative estimate of drug-likeness (QED) is 0.830. The van der Waals surface area contributed by atoms with Gasteiger partial charge >= 0.3 is 0 Å². The molecule has 2 aliphatic rings. The molecule has 4 rings (SSSR count). The Hall–Kier alpha value is -2.42. The molecule has 1 heterocycles. The summed E-state index contributed by atoms with van der Waals surface area (Å²) in [4.78, 5) is 19.2. The summed E-state index contributed by atoms with van der Waals surface area (Å²) in [5.41, 5.74) is 1.66. The molecular formula is C18H16N2O. The lowest BCUT2D eigenvalue weighted by atomic mass is 10.1. The van der Waals surface area contributed by atoms with Crippen molar-refractivity contribution in [1.82, 2.24) is 4.90 Å².